The second-order valence-corrected chi connectivity index (χ2v) is 5.99. The van der Waals surface area contributed by atoms with Crippen LogP contribution in [0.3, 0.4) is 0 Å². The zero-order valence-electron chi connectivity index (χ0n) is 9.86. The summed E-state index contributed by atoms with van der Waals surface area (Å²) in [5.74, 6) is 1.75. The second-order valence-electron chi connectivity index (χ2n) is 5.99. The quantitative estimate of drug-likeness (QED) is 0.594. The fourth-order valence-electron chi connectivity index (χ4n) is 4.31. The number of aliphatic imine (C=N–C) groups is 2. The summed E-state index contributed by atoms with van der Waals surface area (Å²) in [6, 6.07) is 1.13. The summed E-state index contributed by atoms with van der Waals surface area (Å²) in [6.07, 6.45) is 10.8. The Labute approximate surface area is 97.3 Å². The van der Waals surface area contributed by atoms with Gasteiger partial charge in [0.05, 0.1) is 23.5 Å². The molecule has 0 saturated heterocycles. The van der Waals surface area contributed by atoms with E-state index in [-0.39, 0.29) is 0 Å². The van der Waals surface area contributed by atoms with Crippen LogP contribution < -0.4 is 0 Å². The molecule has 3 aliphatic carbocycles. The summed E-state index contributed by atoms with van der Waals surface area (Å²) in [5, 5.41) is 0. The Hall–Kier alpha value is -0.660. The first-order chi connectivity index (χ1) is 7.92. The van der Waals surface area contributed by atoms with Crippen molar-refractivity contribution in [3.63, 3.8) is 0 Å². The van der Waals surface area contributed by atoms with Crippen molar-refractivity contribution in [3.05, 3.63) is 0 Å². The van der Waals surface area contributed by atoms with Crippen LogP contribution >= 0.6 is 0 Å². The maximum atomic E-state index is 5.09. The Kier molecular flexibility index (Phi) is 2.00. The van der Waals surface area contributed by atoms with Crippen molar-refractivity contribution in [2.45, 2.75) is 63.5 Å². The standard InChI is InChI=1S/C14H20N2/c1-3-9-7-8-13-14(10(9)4-1)16-12-6-2-5-11(12)15-13/h9-12H,1-8H2. The molecule has 86 valence electrons. The third kappa shape index (κ3) is 1.25. The van der Waals surface area contributed by atoms with E-state index in [1.54, 1.807) is 0 Å². The summed E-state index contributed by atoms with van der Waals surface area (Å²) < 4.78 is 0. The number of hydrogen-bond acceptors (Lipinski definition) is 2. The zero-order chi connectivity index (χ0) is 10.5. The Morgan fingerprint density at radius 3 is 2.56 bits per heavy atom. The summed E-state index contributed by atoms with van der Waals surface area (Å²) in [5.41, 5.74) is 2.86. The third-order valence-electron chi connectivity index (χ3n) is 5.13. The van der Waals surface area contributed by atoms with Gasteiger partial charge in [-0.2, -0.15) is 0 Å². The molecular weight excluding hydrogens is 196 g/mol. The van der Waals surface area contributed by atoms with Crippen LogP contribution in [0.4, 0.5) is 0 Å². The molecule has 3 saturated carbocycles. The first-order valence-corrected chi connectivity index (χ1v) is 7.06. The van der Waals surface area contributed by atoms with E-state index < -0.39 is 0 Å². The third-order valence-corrected chi connectivity index (χ3v) is 5.13. The Morgan fingerprint density at radius 2 is 1.62 bits per heavy atom. The van der Waals surface area contributed by atoms with Gasteiger partial charge in [-0.15, -0.1) is 0 Å². The van der Waals surface area contributed by atoms with Crippen molar-refractivity contribution >= 4 is 11.4 Å². The summed E-state index contributed by atoms with van der Waals surface area (Å²) in [6.45, 7) is 0. The fourth-order valence-corrected chi connectivity index (χ4v) is 4.31. The van der Waals surface area contributed by atoms with Crippen molar-refractivity contribution in [1.82, 2.24) is 0 Å². The van der Waals surface area contributed by atoms with Crippen LogP contribution in [0.25, 0.3) is 0 Å². The van der Waals surface area contributed by atoms with Gasteiger partial charge in [-0.1, -0.05) is 6.42 Å². The van der Waals surface area contributed by atoms with E-state index >= 15 is 0 Å². The van der Waals surface area contributed by atoms with E-state index in [2.05, 4.69) is 0 Å². The SMILES string of the molecule is C1CC2N=C3CCC4CCCC4C3=NC2C1. The molecule has 0 N–H and O–H groups in total. The van der Waals surface area contributed by atoms with E-state index in [4.69, 9.17) is 9.98 Å². The molecule has 16 heavy (non-hydrogen) atoms. The van der Waals surface area contributed by atoms with Gasteiger partial charge >= 0.3 is 0 Å². The lowest BCUT2D eigenvalue weighted by Crippen LogP contribution is -2.39. The van der Waals surface area contributed by atoms with Crippen LogP contribution in [0.5, 0.6) is 0 Å². The van der Waals surface area contributed by atoms with E-state index in [1.165, 1.54) is 62.8 Å². The van der Waals surface area contributed by atoms with Crippen LogP contribution in [-0.2, 0) is 0 Å². The normalized spacial score (nSPS) is 45.5. The Balaban J connectivity index is 1.71. The molecule has 1 aliphatic heterocycles. The van der Waals surface area contributed by atoms with Crippen molar-refractivity contribution in [2.75, 3.05) is 0 Å². The highest BCUT2D eigenvalue weighted by Gasteiger charge is 2.41. The van der Waals surface area contributed by atoms with Crippen molar-refractivity contribution in [3.8, 4) is 0 Å². The molecule has 4 aliphatic rings. The fraction of sp³-hybridized carbons (Fsp3) is 0.857. The molecule has 0 bridgehead atoms. The topological polar surface area (TPSA) is 24.7 Å². The molecule has 0 spiro atoms. The Bertz CT molecular complexity index is 369. The molecule has 2 heteroatoms. The monoisotopic (exact) mass is 216 g/mol. The van der Waals surface area contributed by atoms with Gasteiger partial charge in [-0.25, -0.2) is 0 Å². The molecule has 0 aromatic heterocycles. The van der Waals surface area contributed by atoms with Gasteiger partial charge in [-0.05, 0) is 50.9 Å². The number of nitrogens with zero attached hydrogens (tertiary/aromatic N) is 2. The molecular formula is C14H20N2. The lowest BCUT2D eigenvalue weighted by molar-refractivity contribution is 0.435. The van der Waals surface area contributed by atoms with Crippen LogP contribution in [0, 0.1) is 11.8 Å². The van der Waals surface area contributed by atoms with E-state index in [0.717, 1.165) is 11.8 Å². The van der Waals surface area contributed by atoms with Gasteiger partial charge < -0.3 is 0 Å². The number of hydrogen-bond donors (Lipinski definition) is 0. The Morgan fingerprint density at radius 1 is 0.812 bits per heavy atom. The average Bonchev–Trinajstić information content (AvgIpc) is 2.94. The number of fused-ring (bicyclic) bond motifs is 4. The molecule has 0 aromatic rings. The lowest BCUT2D eigenvalue weighted by atomic mass is 9.78. The summed E-state index contributed by atoms with van der Waals surface area (Å²) in [7, 11) is 0. The van der Waals surface area contributed by atoms with Gasteiger partial charge in [0.25, 0.3) is 0 Å². The van der Waals surface area contributed by atoms with Crippen LogP contribution in [-0.4, -0.2) is 23.5 Å². The molecule has 3 fully saturated rings. The zero-order valence-corrected chi connectivity index (χ0v) is 9.86. The second kappa shape index (κ2) is 3.41. The lowest BCUT2D eigenvalue weighted by Gasteiger charge is -2.33. The molecule has 0 amide bonds. The van der Waals surface area contributed by atoms with Crippen molar-refractivity contribution in [2.24, 2.45) is 21.8 Å². The van der Waals surface area contributed by atoms with Crippen LogP contribution in [0.1, 0.15) is 51.4 Å². The maximum absolute atomic E-state index is 5.09. The van der Waals surface area contributed by atoms with Crippen molar-refractivity contribution < 1.29 is 0 Å². The number of rotatable bonds is 0. The predicted molar refractivity (Wildman–Crippen MR) is 66.4 cm³/mol. The summed E-state index contributed by atoms with van der Waals surface area (Å²) >= 11 is 0. The van der Waals surface area contributed by atoms with E-state index in [1.807, 2.05) is 0 Å². The predicted octanol–water partition coefficient (Wildman–Crippen LogP) is 3.01. The van der Waals surface area contributed by atoms with Gasteiger partial charge in [-0.3, -0.25) is 9.98 Å². The highest BCUT2D eigenvalue weighted by Crippen LogP contribution is 2.42. The molecule has 0 radical (unpaired) electrons. The van der Waals surface area contributed by atoms with Gasteiger partial charge in [0.1, 0.15) is 0 Å². The molecule has 4 unspecified atom stereocenters. The van der Waals surface area contributed by atoms with Gasteiger partial charge in [0, 0.05) is 5.92 Å². The highest BCUT2D eigenvalue weighted by molar-refractivity contribution is 6.44. The molecule has 4 rings (SSSR count). The minimum atomic E-state index is 0.566. The van der Waals surface area contributed by atoms with Gasteiger partial charge in [0.15, 0.2) is 0 Å². The van der Waals surface area contributed by atoms with E-state index in [0.29, 0.717) is 12.1 Å². The largest absolute Gasteiger partial charge is 0.282 e. The van der Waals surface area contributed by atoms with Crippen LogP contribution in [0.2, 0.25) is 0 Å². The van der Waals surface area contributed by atoms with Gasteiger partial charge in [0.2, 0.25) is 0 Å². The minimum Gasteiger partial charge on any atom is -0.282 e. The minimum absolute atomic E-state index is 0.566. The average molecular weight is 216 g/mol. The molecule has 0 aromatic carbocycles. The molecule has 4 atom stereocenters. The van der Waals surface area contributed by atoms with Crippen LogP contribution in [0.15, 0.2) is 9.98 Å². The summed E-state index contributed by atoms with van der Waals surface area (Å²) in [4.78, 5) is 10.1. The van der Waals surface area contributed by atoms with Crippen molar-refractivity contribution in [1.29, 1.82) is 0 Å². The molecule has 1 heterocycles. The molecule has 2 nitrogen and oxygen atoms in total. The maximum Gasteiger partial charge on any atom is 0.0727 e. The first kappa shape index (κ1) is 9.38. The smallest absolute Gasteiger partial charge is 0.0727 e. The van der Waals surface area contributed by atoms with E-state index in [9.17, 15) is 0 Å². The first-order valence-electron chi connectivity index (χ1n) is 7.06. The highest BCUT2D eigenvalue weighted by atomic mass is 15.0.